The Bertz CT molecular complexity index is 4770. The minimum absolute atomic E-state index is 0. The fourth-order valence-corrected chi connectivity index (χ4v) is 7.84. The second kappa shape index (κ2) is 37.9. The SMILES string of the molecule is O.O=CO[O-].[2H]C([2H])([2H])n1cnc2c1c(=O)n(CCCC([2H])([2H])C([2H])(C)O)c(=O)n2C.[2H]C([2H])([2H])n1cnc2c1c(=O)n(CCCC([2H])([2H])[C@@]([2H])(C)O)c(=O)n2C.[2H]C([2H])([2H])n1cnc2c1c(=O)n(CCCC([2H])([2H])[C@]([2H])(C)O)c(=O)n2C.[2H]c1nc2c(c(=O)n(CCCC([2H])([2H])C([2H])(C)O)c(=O)n2C)n1C([2H])([2H])[2H].[H-].[K+].[K+]. The molecule has 4 atom stereocenters. The largest absolute Gasteiger partial charge is 1.00 e. The monoisotopic (exact) mass is 1300 g/mol. The molecule has 87 heavy (non-hydrogen) atoms. The average Bonchev–Trinajstić information content (AvgIpc) is 1.60. The number of hydrogen-bond donors (Lipinski definition) is 4. The molecule has 8 aromatic heterocycles. The summed E-state index contributed by atoms with van der Waals surface area (Å²) in [5.41, 5.74) is -7.96. The minimum Gasteiger partial charge on any atom is -1.00 e. The van der Waals surface area contributed by atoms with Crippen molar-refractivity contribution in [2.24, 2.45) is 56.1 Å². The number of carbonyl (C=O) groups excluding carboxylic acids is 1. The average molecular weight is 1300 g/mol. The third kappa shape index (κ3) is 20.8. The number of imidazole rings is 4. The van der Waals surface area contributed by atoms with Gasteiger partial charge in [-0.25, -0.2) is 39.1 Å². The predicted octanol–water partition coefficient (Wildman–Crippen LogP) is -8.33. The van der Waals surface area contributed by atoms with Crippen molar-refractivity contribution in [3.63, 3.8) is 0 Å². The Kier molecular flexibility index (Phi) is 20.5. The first-order valence-corrected chi connectivity index (χ1v) is 24.9. The van der Waals surface area contributed by atoms with E-state index in [1.807, 2.05) is 0 Å². The molecule has 0 bridgehead atoms. The standard InChI is InChI=1S/4C13H20N4O3.CH2O3.2K.H2O.H/c4*1-9(18)6-4-5-7-17-12(19)10-11(14-8-15(10)2)16(3)13(17)20;2-1-4-3;;;;/h4*8-9,18H,4-7H2,1-3H3;1,3H;;;1H2;/q;;;;;2*+1;;-1/p-1/t2*9-;;;;;;;/m10......./s1/i2*2D3,6D2,9D;2D3,6D2,8D,9D;2D3,6D2,9D;;;;;. The molecule has 0 radical (unpaired) electrons. The summed E-state index contributed by atoms with van der Waals surface area (Å²) in [6.45, 7) is -7.76. The van der Waals surface area contributed by atoms with E-state index < -0.39 is 135 Å². The molecule has 474 valence electrons. The smallest absolute Gasteiger partial charge is 1.00 e. The second-order valence-electron chi connectivity index (χ2n) is 17.9. The Morgan fingerprint density at radius 3 is 0.920 bits per heavy atom. The zero-order valence-corrected chi connectivity index (χ0v) is 55.5. The zero-order valence-electron chi connectivity index (χ0n) is 75.2. The van der Waals surface area contributed by atoms with Crippen LogP contribution >= 0.6 is 0 Å². The van der Waals surface area contributed by atoms with Crippen LogP contribution in [-0.4, -0.2) is 131 Å². The number of aryl methyl sites for hydroxylation is 8. The third-order valence-corrected chi connectivity index (χ3v) is 11.9. The summed E-state index contributed by atoms with van der Waals surface area (Å²) in [5.74, 6) is 0. The van der Waals surface area contributed by atoms with E-state index in [0.717, 1.165) is 83.2 Å². The zero-order chi connectivity index (χ0) is 84.6. The van der Waals surface area contributed by atoms with Crippen LogP contribution in [0.1, 0.15) is 140 Å². The van der Waals surface area contributed by atoms with Crippen molar-refractivity contribution in [1.82, 2.24) is 74.7 Å². The molecule has 8 rings (SSSR count). The van der Waals surface area contributed by atoms with Crippen LogP contribution in [-0.2, 0) is 92.0 Å². The Balaban J connectivity index is 0.00000144. The Morgan fingerprint density at radius 1 is 0.494 bits per heavy atom. The minimum atomic E-state index is -2.85. The molecule has 8 heterocycles. The fourth-order valence-electron chi connectivity index (χ4n) is 7.84. The Labute approximate surface area is 620 Å². The fraction of sp³-hybridized carbons (Fsp3) is 0.604. The Morgan fingerprint density at radius 2 is 0.713 bits per heavy atom. The van der Waals surface area contributed by atoms with Crippen LogP contribution in [0.2, 0.25) is 0 Å². The molecular weight excluding hydrogens is 1190 g/mol. The Hall–Kier alpha value is -4.90. The van der Waals surface area contributed by atoms with Crippen LogP contribution in [0.5, 0.6) is 0 Å². The van der Waals surface area contributed by atoms with Gasteiger partial charge in [0.2, 0.25) is 0 Å². The van der Waals surface area contributed by atoms with Crippen molar-refractivity contribution in [2.75, 3.05) is 0 Å². The van der Waals surface area contributed by atoms with Crippen molar-refractivity contribution >= 4 is 51.1 Å². The number of nitrogens with zero attached hydrogens (tertiary/aromatic N) is 16. The van der Waals surface area contributed by atoms with E-state index in [0.29, 0.717) is 18.3 Å². The van der Waals surface area contributed by atoms with E-state index in [4.69, 9.17) is 44.3 Å². The molecule has 2 unspecified atom stereocenters. The molecule has 0 aromatic carbocycles. The van der Waals surface area contributed by atoms with E-state index in [2.05, 4.69) is 24.8 Å². The molecule has 0 aliphatic carbocycles. The van der Waals surface area contributed by atoms with Crippen LogP contribution < -0.4 is 153 Å². The van der Waals surface area contributed by atoms with E-state index in [9.17, 15) is 58.8 Å². The second-order valence-corrected chi connectivity index (χ2v) is 17.9. The van der Waals surface area contributed by atoms with Crippen LogP contribution in [0.25, 0.3) is 44.7 Å². The van der Waals surface area contributed by atoms with E-state index >= 15 is 0 Å². The molecule has 0 fully saturated rings. The van der Waals surface area contributed by atoms with E-state index in [1.54, 1.807) is 0 Å². The summed E-state index contributed by atoms with van der Waals surface area (Å²) in [5, 5.41) is 46.5. The number of hydrogen-bond acceptors (Lipinski definition) is 19. The summed E-state index contributed by atoms with van der Waals surface area (Å²) in [6, 6.07) is 0. The maximum absolute atomic E-state index is 12.7. The summed E-state index contributed by atoms with van der Waals surface area (Å²) >= 11 is 0. The molecule has 0 aliphatic rings. The molecule has 32 nitrogen and oxygen atoms in total. The third-order valence-electron chi connectivity index (χ3n) is 11.9. The quantitative estimate of drug-likeness (QED) is 0.0225. The van der Waals surface area contributed by atoms with Gasteiger partial charge >= 0.3 is 126 Å². The van der Waals surface area contributed by atoms with Gasteiger partial charge in [0.05, 0.1) is 55.1 Å². The molecular formula is C53H84K2N16O16. The molecule has 0 aliphatic heterocycles. The molecule has 6 N–H and O–H groups in total. The topological polar surface area (TPSA) is 409 Å². The van der Waals surface area contributed by atoms with Crippen molar-refractivity contribution in [3.8, 4) is 0 Å². The van der Waals surface area contributed by atoms with Gasteiger partial charge in [0.25, 0.3) is 28.7 Å². The van der Waals surface area contributed by atoms with Gasteiger partial charge in [-0.05, 0) is 105 Å². The predicted molar refractivity (Wildman–Crippen MR) is 315 cm³/mol. The van der Waals surface area contributed by atoms with Gasteiger partial charge in [0.15, 0.2) is 44.7 Å². The van der Waals surface area contributed by atoms with E-state index in [-0.39, 0.29) is 233 Å². The summed E-state index contributed by atoms with van der Waals surface area (Å²) < 4.78 is 198. The summed E-state index contributed by atoms with van der Waals surface area (Å²) in [7, 11) is 5.34. The van der Waals surface area contributed by atoms with Gasteiger partial charge in [-0.1, -0.05) is 0 Å². The van der Waals surface area contributed by atoms with Crippen molar-refractivity contribution in [2.45, 2.75) is 155 Å². The number of fused-ring (bicyclic) bond motifs is 4. The number of carbonyl (C=O) groups is 1. The first kappa shape index (κ1) is 47.1. The maximum atomic E-state index is 12.7. The van der Waals surface area contributed by atoms with Crippen LogP contribution in [0.3, 0.4) is 0 Å². The molecule has 8 aromatic rings. The number of aromatic nitrogens is 16. The molecule has 0 saturated heterocycles. The molecule has 0 spiro atoms. The van der Waals surface area contributed by atoms with Crippen LogP contribution in [0, 0.1) is 0 Å². The van der Waals surface area contributed by atoms with E-state index in [1.165, 1.54) is 28.2 Å². The van der Waals surface area contributed by atoms with Crippen molar-refractivity contribution in [3.05, 3.63) is 109 Å². The number of aliphatic hydroxyl groups is 4. The van der Waals surface area contributed by atoms with Crippen molar-refractivity contribution < 1.29 is 179 Å². The van der Waals surface area contributed by atoms with Gasteiger partial charge in [-0.3, -0.25) is 60.5 Å². The summed E-state index contributed by atoms with van der Waals surface area (Å²) in [4.78, 5) is 127. The van der Waals surface area contributed by atoms with Gasteiger partial charge < -0.3 is 55.7 Å². The molecule has 0 amide bonds. The molecule has 0 saturated carbocycles. The van der Waals surface area contributed by atoms with Crippen molar-refractivity contribution in [1.29, 1.82) is 0 Å². The van der Waals surface area contributed by atoms with Gasteiger partial charge in [0.1, 0.15) is 1.37 Å². The van der Waals surface area contributed by atoms with Gasteiger partial charge in [0, 0.05) is 110 Å². The van der Waals surface area contributed by atoms with Crippen LogP contribution in [0.15, 0.2) is 63.6 Å². The number of rotatable bonds is 21. The van der Waals surface area contributed by atoms with Crippen LogP contribution in [0.4, 0.5) is 0 Å². The van der Waals surface area contributed by atoms with Gasteiger partial charge in [-0.2, -0.15) is 0 Å². The molecule has 34 heteroatoms. The maximum Gasteiger partial charge on any atom is 1.00 e. The first-order valence-electron chi connectivity index (χ1n) is 37.4. The normalized spacial score (nSPS) is 19.1. The van der Waals surface area contributed by atoms with Gasteiger partial charge in [-0.15, -0.1) is 0 Å². The summed E-state index contributed by atoms with van der Waals surface area (Å²) in [6.07, 6.45) is -17.3. The first-order chi connectivity index (χ1) is 49.1.